The fourth-order valence-electron chi connectivity index (χ4n) is 2.71. The molecule has 2 aliphatic rings. The fraction of sp³-hybridized carbons (Fsp3) is 0.667. The van der Waals surface area contributed by atoms with Gasteiger partial charge in [-0.2, -0.15) is 0 Å². The Hall–Kier alpha value is -0.930. The van der Waals surface area contributed by atoms with E-state index in [9.17, 15) is 0 Å². The summed E-state index contributed by atoms with van der Waals surface area (Å²) in [5.74, 6) is 0. The van der Waals surface area contributed by atoms with E-state index in [0.29, 0.717) is 6.04 Å². The molecule has 0 aromatic carbocycles. The van der Waals surface area contributed by atoms with Crippen LogP contribution in [0.2, 0.25) is 0 Å². The second-order valence-electron chi connectivity index (χ2n) is 5.24. The predicted molar refractivity (Wildman–Crippen MR) is 75.6 cm³/mol. The van der Waals surface area contributed by atoms with Crippen LogP contribution in [-0.2, 0) is 0 Å². The molecule has 2 aliphatic heterocycles. The number of rotatable bonds is 1. The van der Waals surface area contributed by atoms with Crippen LogP contribution in [0.4, 0.5) is 0 Å². The van der Waals surface area contributed by atoms with E-state index in [4.69, 9.17) is 0 Å². The summed E-state index contributed by atoms with van der Waals surface area (Å²) in [6, 6.07) is 4.79. The standard InChI is InChI=1S/C10H14N2.C5H11N/c1-12-7-3-5-10(12)9-4-2-6-11-8-9;1-2-4-6-5-3-1/h2,4,6,8,10H,3,5,7H2,1H3;6H,1-5H2. The molecule has 1 unspecified atom stereocenters. The minimum atomic E-state index is 0.610. The van der Waals surface area contributed by atoms with Crippen LogP contribution < -0.4 is 5.32 Å². The van der Waals surface area contributed by atoms with Gasteiger partial charge < -0.3 is 5.32 Å². The van der Waals surface area contributed by atoms with Gasteiger partial charge in [0.2, 0.25) is 0 Å². The molecule has 100 valence electrons. The van der Waals surface area contributed by atoms with Crippen molar-refractivity contribution in [1.29, 1.82) is 0 Å². The van der Waals surface area contributed by atoms with Crippen molar-refractivity contribution in [3.8, 4) is 0 Å². The number of piperidine rings is 1. The Labute approximate surface area is 111 Å². The molecular formula is C15H25N3. The number of nitrogens with one attached hydrogen (secondary N) is 1. The number of aromatic nitrogens is 1. The number of hydrogen-bond donors (Lipinski definition) is 1. The SMILES string of the molecule is C1CCNCC1.CN1CCCC1c1cccnc1. The average Bonchev–Trinajstić information content (AvgIpc) is 2.89. The highest BCUT2D eigenvalue weighted by molar-refractivity contribution is 5.14. The quantitative estimate of drug-likeness (QED) is 0.827. The van der Waals surface area contributed by atoms with Gasteiger partial charge in [0, 0.05) is 18.4 Å². The first-order valence-electron chi connectivity index (χ1n) is 7.19. The summed E-state index contributed by atoms with van der Waals surface area (Å²) in [5.41, 5.74) is 1.36. The maximum absolute atomic E-state index is 4.14. The van der Waals surface area contributed by atoms with E-state index in [2.05, 4.69) is 28.3 Å². The van der Waals surface area contributed by atoms with Gasteiger partial charge >= 0.3 is 0 Å². The van der Waals surface area contributed by atoms with Crippen molar-refractivity contribution in [2.75, 3.05) is 26.7 Å². The summed E-state index contributed by atoms with van der Waals surface area (Å²) in [6.07, 6.45) is 10.6. The monoisotopic (exact) mass is 247 g/mol. The van der Waals surface area contributed by atoms with Gasteiger partial charge in [-0.1, -0.05) is 12.5 Å². The lowest BCUT2D eigenvalue weighted by Crippen LogP contribution is -2.21. The Bertz CT molecular complexity index is 310. The summed E-state index contributed by atoms with van der Waals surface area (Å²) in [6.45, 7) is 3.72. The van der Waals surface area contributed by atoms with Crippen LogP contribution in [0, 0.1) is 0 Å². The van der Waals surface area contributed by atoms with Gasteiger partial charge in [-0.05, 0) is 64.0 Å². The molecule has 18 heavy (non-hydrogen) atoms. The number of nitrogens with zero attached hydrogens (tertiary/aromatic N) is 2. The van der Waals surface area contributed by atoms with Gasteiger partial charge in [0.05, 0.1) is 0 Å². The maximum atomic E-state index is 4.14. The van der Waals surface area contributed by atoms with Gasteiger partial charge in [-0.3, -0.25) is 9.88 Å². The molecule has 0 aliphatic carbocycles. The predicted octanol–water partition coefficient (Wildman–Crippen LogP) is 2.61. The lowest BCUT2D eigenvalue weighted by atomic mass is 10.1. The smallest absolute Gasteiger partial charge is 0.0360 e. The maximum Gasteiger partial charge on any atom is 0.0360 e. The molecule has 3 nitrogen and oxygen atoms in total. The van der Waals surface area contributed by atoms with Crippen molar-refractivity contribution in [2.24, 2.45) is 0 Å². The van der Waals surface area contributed by atoms with Gasteiger partial charge in [0.25, 0.3) is 0 Å². The summed E-state index contributed by atoms with van der Waals surface area (Å²) in [4.78, 5) is 6.54. The Morgan fingerprint density at radius 3 is 2.50 bits per heavy atom. The number of hydrogen-bond acceptors (Lipinski definition) is 3. The Morgan fingerprint density at radius 2 is 2.06 bits per heavy atom. The van der Waals surface area contributed by atoms with Crippen LogP contribution in [0.3, 0.4) is 0 Å². The molecule has 0 saturated carbocycles. The highest BCUT2D eigenvalue weighted by Gasteiger charge is 2.21. The topological polar surface area (TPSA) is 28.2 Å². The summed E-state index contributed by atoms with van der Waals surface area (Å²) < 4.78 is 0. The number of likely N-dealkylation sites (tertiary alicyclic amines) is 1. The van der Waals surface area contributed by atoms with Crippen LogP contribution in [0.5, 0.6) is 0 Å². The zero-order chi connectivity index (χ0) is 12.6. The normalized spacial score (nSPS) is 24.4. The van der Waals surface area contributed by atoms with E-state index in [1.165, 1.54) is 57.3 Å². The lowest BCUT2D eigenvalue weighted by Gasteiger charge is -2.18. The minimum Gasteiger partial charge on any atom is -0.317 e. The van der Waals surface area contributed by atoms with Crippen molar-refractivity contribution in [2.45, 2.75) is 38.1 Å². The molecule has 2 saturated heterocycles. The van der Waals surface area contributed by atoms with Crippen molar-refractivity contribution >= 4 is 0 Å². The molecule has 1 aromatic rings. The highest BCUT2D eigenvalue weighted by atomic mass is 15.1. The average molecular weight is 247 g/mol. The number of pyridine rings is 1. The molecule has 3 heterocycles. The van der Waals surface area contributed by atoms with Crippen LogP contribution >= 0.6 is 0 Å². The van der Waals surface area contributed by atoms with Crippen LogP contribution in [0.15, 0.2) is 24.5 Å². The molecule has 0 spiro atoms. The third-order valence-corrected chi connectivity index (χ3v) is 3.80. The van der Waals surface area contributed by atoms with E-state index in [1.807, 2.05) is 18.5 Å². The van der Waals surface area contributed by atoms with Crippen LogP contribution in [0.25, 0.3) is 0 Å². The summed E-state index contributed by atoms with van der Waals surface area (Å²) in [7, 11) is 2.19. The van der Waals surface area contributed by atoms with Crippen molar-refractivity contribution in [3.63, 3.8) is 0 Å². The summed E-state index contributed by atoms with van der Waals surface area (Å²) in [5, 5.41) is 3.28. The Kier molecular flexibility index (Phi) is 5.62. The fourth-order valence-corrected chi connectivity index (χ4v) is 2.71. The molecular weight excluding hydrogens is 222 g/mol. The third-order valence-electron chi connectivity index (χ3n) is 3.80. The van der Waals surface area contributed by atoms with E-state index in [1.54, 1.807) is 0 Å². The molecule has 0 radical (unpaired) electrons. The molecule has 2 fully saturated rings. The van der Waals surface area contributed by atoms with Gasteiger partial charge in [0.1, 0.15) is 0 Å². The van der Waals surface area contributed by atoms with Gasteiger partial charge in [-0.15, -0.1) is 0 Å². The first kappa shape index (κ1) is 13.5. The van der Waals surface area contributed by atoms with Crippen LogP contribution in [-0.4, -0.2) is 36.6 Å². The molecule has 3 rings (SSSR count). The van der Waals surface area contributed by atoms with Crippen molar-refractivity contribution in [1.82, 2.24) is 15.2 Å². The second kappa shape index (κ2) is 7.49. The molecule has 1 atom stereocenters. The molecule has 1 aromatic heterocycles. The van der Waals surface area contributed by atoms with Gasteiger partial charge in [0.15, 0.2) is 0 Å². The highest BCUT2D eigenvalue weighted by Crippen LogP contribution is 2.29. The third kappa shape index (κ3) is 4.07. The zero-order valence-electron chi connectivity index (χ0n) is 11.4. The molecule has 1 N–H and O–H groups in total. The first-order chi connectivity index (χ1) is 8.88. The minimum absolute atomic E-state index is 0.610. The van der Waals surface area contributed by atoms with Crippen LogP contribution in [0.1, 0.15) is 43.7 Å². The largest absolute Gasteiger partial charge is 0.317 e. The van der Waals surface area contributed by atoms with E-state index in [0.717, 1.165) is 0 Å². The van der Waals surface area contributed by atoms with Crippen molar-refractivity contribution < 1.29 is 0 Å². The Balaban J connectivity index is 0.000000169. The second-order valence-corrected chi connectivity index (χ2v) is 5.24. The summed E-state index contributed by atoms with van der Waals surface area (Å²) >= 11 is 0. The van der Waals surface area contributed by atoms with E-state index >= 15 is 0 Å². The molecule has 0 bridgehead atoms. The molecule has 0 amide bonds. The zero-order valence-corrected chi connectivity index (χ0v) is 11.4. The lowest BCUT2D eigenvalue weighted by molar-refractivity contribution is 0.317. The van der Waals surface area contributed by atoms with Crippen molar-refractivity contribution in [3.05, 3.63) is 30.1 Å². The van der Waals surface area contributed by atoms with E-state index < -0.39 is 0 Å². The van der Waals surface area contributed by atoms with E-state index in [-0.39, 0.29) is 0 Å². The van der Waals surface area contributed by atoms with Gasteiger partial charge in [-0.25, -0.2) is 0 Å². The molecule has 3 heteroatoms. The Morgan fingerprint density at radius 1 is 1.22 bits per heavy atom. The first-order valence-corrected chi connectivity index (χ1v) is 7.19.